The van der Waals surface area contributed by atoms with Gasteiger partial charge in [0.25, 0.3) is 11.1 Å². The van der Waals surface area contributed by atoms with Gasteiger partial charge in [-0.3, -0.25) is 14.9 Å². The molecular formula is C18H12ClNO4S2. The molecule has 1 aliphatic rings. The van der Waals surface area contributed by atoms with E-state index in [1.807, 2.05) is 6.07 Å². The van der Waals surface area contributed by atoms with E-state index in [1.54, 1.807) is 24.3 Å². The van der Waals surface area contributed by atoms with Crippen molar-refractivity contribution < 1.29 is 18.0 Å². The van der Waals surface area contributed by atoms with E-state index in [0.29, 0.717) is 22.3 Å². The first-order chi connectivity index (χ1) is 12.3. The molecule has 2 aromatic rings. The van der Waals surface area contributed by atoms with Crippen LogP contribution < -0.4 is 5.32 Å². The Balaban J connectivity index is 2.03. The lowest BCUT2D eigenvalue weighted by Crippen LogP contribution is -2.43. The highest BCUT2D eigenvalue weighted by Crippen LogP contribution is 2.43. The van der Waals surface area contributed by atoms with Crippen molar-refractivity contribution in [3.05, 3.63) is 65.2 Å². The predicted molar refractivity (Wildman–Crippen MR) is 100 cm³/mol. The van der Waals surface area contributed by atoms with Crippen molar-refractivity contribution in [3.8, 4) is 11.8 Å². The van der Waals surface area contributed by atoms with Gasteiger partial charge in [-0.25, -0.2) is 8.42 Å². The molecule has 1 unspecified atom stereocenters. The number of halogens is 1. The molecule has 0 aliphatic carbocycles. The maximum absolute atomic E-state index is 13.1. The summed E-state index contributed by atoms with van der Waals surface area (Å²) < 4.78 is 24.2. The summed E-state index contributed by atoms with van der Waals surface area (Å²) >= 11 is 6.24. The van der Waals surface area contributed by atoms with Gasteiger partial charge in [-0.05, 0) is 48.2 Å². The van der Waals surface area contributed by atoms with Gasteiger partial charge in [0.2, 0.25) is 13.9 Å². The van der Waals surface area contributed by atoms with Gasteiger partial charge in [0.05, 0.1) is 4.90 Å². The fourth-order valence-electron chi connectivity index (χ4n) is 2.39. The average Bonchev–Trinajstić information content (AvgIpc) is 2.91. The minimum absolute atomic E-state index is 0.0965. The van der Waals surface area contributed by atoms with Crippen LogP contribution in [0, 0.1) is 11.8 Å². The van der Waals surface area contributed by atoms with E-state index >= 15 is 0 Å². The second-order valence-corrected chi connectivity index (χ2v) is 9.54. The number of hydrogen-bond donors (Lipinski definition) is 1. The molecule has 0 aromatic heterocycles. The third kappa shape index (κ3) is 3.36. The Bertz CT molecular complexity index is 1020. The summed E-state index contributed by atoms with van der Waals surface area (Å²) in [5, 5.41) is 1.70. The molecule has 1 N–H and O–H groups in total. The van der Waals surface area contributed by atoms with Crippen LogP contribution in [0.5, 0.6) is 0 Å². The maximum atomic E-state index is 13.1. The number of carbonyl (C=O) groups excluding carboxylic acids is 2. The van der Waals surface area contributed by atoms with Crippen LogP contribution in [-0.2, 0) is 14.6 Å². The molecule has 1 aliphatic heterocycles. The first-order valence-electron chi connectivity index (χ1n) is 7.44. The Labute approximate surface area is 160 Å². The van der Waals surface area contributed by atoms with Crippen molar-refractivity contribution >= 4 is 44.3 Å². The molecule has 132 valence electrons. The van der Waals surface area contributed by atoms with Crippen molar-refractivity contribution in [2.75, 3.05) is 0 Å². The van der Waals surface area contributed by atoms with Gasteiger partial charge in [0.1, 0.15) is 0 Å². The van der Waals surface area contributed by atoms with Gasteiger partial charge >= 0.3 is 0 Å². The van der Waals surface area contributed by atoms with Gasteiger partial charge in [0.15, 0.2) is 0 Å². The summed E-state index contributed by atoms with van der Waals surface area (Å²) in [6.45, 7) is 0. The van der Waals surface area contributed by atoms with Gasteiger partial charge < -0.3 is 0 Å². The highest BCUT2D eigenvalue weighted by molar-refractivity contribution is 8.25. The van der Waals surface area contributed by atoms with E-state index in [4.69, 9.17) is 11.6 Å². The summed E-state index contributed by atoms with van der Waals surface area (Å²) in [4.78, 5) is 24.0. The number of rotatable bonds is 3. The number of sulfone groups is 1. The molecular weight excluding hydrogens is 394 g/mol. The molecule has 1 fully saturated rings. The molecule has 1 heterocycles. The lowest BCUT2D eigenvalue weighted by molar-refractivity contribution is -0.119. The Kier molecular flexibility index (Phi) is 5.10. The monoisotopic (exact) mass is 405 g/mol. The Hall–Kier alpha value is -2.27. The molecule has 0 spiro atoms. The molecule has 5 nitrogen and oxygen atoms in total. The van der Waals surface area contributed by atoms with Gasteiger partial charge in [-0.15, -0.1) is 0 Å². The zero-order valence-corrected chi connectivity index (χ0v) is 15.6. The summed E-state index contributed by atoms with van der Waals surface area (Å²) in [5.41, 5.74) is 0.682. The second kappa shape index (κ2) is 7.16. The molecule has 2 aromatic carbocycles. The molecule has 1 saturated heterocycles. The average molecular weight is 406 g/mol. The topological polar surface area (TPSA) is 80.3 Å². The van der Waals surface area contributed by atoms with Crippen LogP contribution in [0.25, 0.3) is 0 Å². The van der Waals surface area contributed by atoms with E-state index in [9.17, 15) is 18.0 Å². The molecule has 26 heavy (non-hydrogen) atoms. The maximum Gasteiger partial charge on any atom is 0.287 e. The fourth-order valence-corrected chi connectivity index (χ4v) is 5.63. The molecule has 0 radical (unpaired) electrons. The van der Waals surface area contributed by atoms with Gasteiger partial charge in [0, 0.05) is 17.0 Å². The summed E-state index contributed by atoms with van der Waals surface area (Å²) in [5.74, 6) is 4.67. The number of carbonyl (C=O) groups is 2. The van der Waals surface area contributed by atoms with Crippen molar-refractivity contribution in [2.45, 2.75) is 15.4 Å². The van der Waals surface area contributed by atoms with Gasteiger partial charge in [-0.2, -0.15) is 0 Å². The highest BCUT2D eigenvalue weighted by atomic mass is 35.5. The number of thioether (sulfide) groups is 1. The third-order valence-electron chi connectivity index (χ3n) is 3.70. The first-order valence-corrected chi connectivity index (χ1v) is 10.1. The van der Waals surface area contributed by atoms with Crippen LogP contribution in [-0.4, -0.2) is 23.6 Å². The number of benzene rings is 2. The minimum atomic E-state index is -4.18. The number of hydrogen-bond acceptors (Lipinski definition) is 5. The lowest BCUT2D eigenvalue weighted by Gasteiger charge is -2.22. The zero-order valence-electron chi connectivity index (χ0n) is 13.2. The van der Waals surface area contributed by atoms with Crippen LogP contribution in [0.3, 0.4) is 0 Å². The van der Waals surface area contributed by atoms with Crippen LogP contribution >= 0.6 is 23.4 Å². The SMILES string of the molecule is O=C1NC(=O)C(CC#Cc2ccccc2)(S(=O)(=O)c2ccc(Cl)cc2)S1. The van der Waals surface area contributed by atoms with Crippen LogP contribution in [0.4, 0.5) is 4.79 Å². The van der Waals surface area contributed by atoms with E-state index < -0.39 is 25.1 Å². The summed E-state index contributed by atoms with van der Waals surface area (Å²) in [7, 11) is -4.18. The van der Waals surface area contributed by atoms with Crippen LogP contribution in [0.1, 0.15) is 12.0 Å². The fraction of sp³-hybridized carbons (Fsp3) is 0.111. The molecule has 2 amide bonds. The smallest absolute Gasteiger partial charge is 0.285 e. The normalized spacial score (nSPS) is 19.6. The number of nitrogens with one attached hydrogen (secondary N) is 1. The van der Waals surface area contributed by atoms with Crippen molar-refractivity contribution in [1.29, 1.82) is 0 Å². The molecule has 3 rings (SSSR count). The summed E-state index contributed by atoms with van der Waals surface area (Å²) in [6.07, 6.45) is -0.324. The summed E-state index contributed by atoms with van der Waals surface area (Å²) in [6, 6.07) is 14.4. The Morgan fingerprint density at radius 3 is 2.27 bits per heavy atom. The highest BCUT2D eigenvalue weighted by Gasteiger charge is 2.58. The lowest BCUT2D eigenvalue weighted by atomic mass is 10.2. The van der Waals surface area contributed by atoms with E-state index in [-0.39, 0.29) is 11.3 Å². The largest absolute Gasteiger partial charge is 0.287 e. The molecule has 0 saturated carbocycles. The quantitative estimate of drug-likeness (QED) is 0.793. The van der Waals surface area contributed by atoms with E-state index in [1.165, 1.54) is 24.3 Å². The first kappa shape index (κ1) is 18.5. The third-order valence-corrected chi connectivity index (χ3v) is 7.90. The van der Waals surface area contributed by atoms with Crippen LogP contribution in [0.15, 0.2) is 59.5 Å². The molecule has 0 bridgehead atoms. The Morgan fingerprint density at radius 2 is 1.69 bits per heavy atom. The molecule has 1 atom stereocenters. The van der Waals surface area contributed by atoms with Crippen molar-refractivity contribution in [1.82, 2.24) is 5.32 Å². The zero-order chi connectivity index (χ0) is 18.8. The number of imide groups is 1. The van der Waals surface area contributed by atoms with Crippen molar-refractivity contribution in [3.63, 3.8) is 0 Å². The Morgan fingerprint density at radius 1 is 1.04 bits per heavy atom. The van der Waals surface area contributed by atoms with E-state index in [2.05, 4.69) is 17.2 Å². The van der Waals surface area contributed by atoms with E-state index in [0.717, 1.165) is 0 Å². The predicted octanol–water partition coefficient (Wildman–Crippen LogP) is 3.23. The minimum Gasteiger partial charge on any atom is -0.285 e. The van der Waals surface area contributed by atoms with Gasteiger partial charge in [-0.1, -0.05) is 41.6 Å². The number of amides is 2. The van der Waals surface area contributed by atoms with Crippen molar-refractivity contribution in [2.24, 2.45) is 0 Å². The standard InChI is InChI=1S/C18H12ClNO4S2/c19-14-8-10-15(11-9-14)26(23,24)18(16(21)20-17(22)25-18)12-4-7-13-5-2-1-3-6-13/h1-3,5-6,8-11H,12H2,(H,20,21,22). The van der Waals surface area contributed by atoms with Crippen LogP contribution in [0.2, 0.25) is 5.02 Å². The molecule has 8 heteroatoms. The second-order valence-electron chi connectivity index (χ2n) is 5.40.